The van der Waals surface area contributed by atoms with Crippen LogP contribution in [-0.4, -0.2) is 0 Å². The van der Waals surface area contributed by atoms with Gasteiger partial charge in [-0.2, -0.15) is 0 Å². The highest BCUT2D eigenvalue weighted by atomic mass is 16.5. The topological polar surface area (TPSA) is 132 Å². The summed E-state index contributed by atoms with van der Waals surface area (Å²) in [4.78, 5) is 0. The quantitative estimate of drug-likeness (QED) is 0.717. The standard InChI is InChI=1S/C10H2N4O4/c11-3-15-7-1-2-8(16-4-12)10(18-6-14)9(7)17-5-13/h1-2H. The predicted octanol–water partition coefficient (Wildman–Crippen LogP) is 1.13. The molecular weight excluding hydrogens is 240 g/mol. The van der Waals surface area contributed by atoms with E-state index in [1.165, 1.54) is 37.2 Å². The number of nitriles is 4. The molecule has 0 bridgehead atoms. The molecule has 0 amide bonds. The SMILES string of the molecule is N#COc1ccc(OC#N)c(OC#N)c1OC#N. The molecule has 0 atom stereocenters. The molecule has 0 aliphatic carbocycles. The van der Waals surface area contributed by atoms with Gasteiger partial charge in [-0.3, -0.25) is 0 Å². The first-order valence-electron chi connectivity index (χ1n) is 4.19. The minimum atomic E-state index is -0.339. The van der Waals surface area contributed by atoms with Gasteiger partial charge in [0.15, 0.2) is 11.5 Å². The van der Waals surface area contributed by atoms with Crippen LogP contribution in [0.4, 0.5) is 0 Å². The Morgan fingerprint density at radius 2 is 0.944 bits per heavy atom. The minimum absolute atomic E-state index is 0.158. The average molecular weight is 242 g/mol. The van der Waals surface area contributed by atoms with Crippen LogP contribution in [0.15, 0.2) is 12.1 Å². The lowest BCUT2D eigenvalue weighted by Gasteiger charge is -2.08. The lowest BCUT2D eigenvalue weighted by molar-refractivity contribution is 0.387. The molecule has 0 aromatic heterocycles. The Bertz CT molecular complexity index is 560. The molecule has 1 aromatic carbocycles. The van der Waals surface area contributed by atoms with Gasteiger partial charge < -0.3 is 18.9 Å². The fraction of sp³-hybridized carbons (Fsp3) is 0. The summed E-state index contributed by atoms with van der Waals surface area (Å²) in [6.45, 7) is 0. The van der Waals surface area contributed by atoms with Gasteiger partial charge >= 0.3 is 0 Å². The van der Waals surface area contributed by atoms with E-state index in [0.717, 1.165) is 0 Å². The van der Waals surface area contributed by atoms with Crippen molar-refractivity contribution in [3.63, 3.8) is 0 Å². The lowest BCUT2D eigenvalue weighted by atomic mass is 10.2. The van der Waals surface area contributed by atoms with Gasteiger partial charge in [-0.05, 0) is 12.1 Å². The summed E-state index contributed by atoms with van der Waals surface area (Å²) in [5, 5.41) is 33.8. The van der Waals surface area contributed by atoms with Crippen LogP contribution < -0.4 is 18.9 Å². The number of hydrogen-bond donors (Lipinski definition) is 0. The van der Waals surface area contributed by atoms with Gasteiger partial charge in [-0.25, -0.2) is 0 Å². The van der Waals surface area contributed by atoms with Gasteiger partial charge in [0.05, 0.1) is 0 Å². The van der Waals surface area contributed by atoms with Crippen molar-refractivity contribution in [1.29, 1.82) is 21.0 Å². The fourth-order valence-electron chi connectivity index (χ4n) is 1.07. The molecule has 0 N–H and O–H groups in total. The predicted molar refractivity (Wildman–Crippen MR) is 51.4 cm³/mol. The van der Waals surface area contributed by atoms with Crippen LogP contribution in [0.3, 0.4) is 0 Å². The Labute approximate surface area is 101 Å². The summed E-state index contributed by atoms with van der Waals surface area (Å²) in [7, 11) is 0. The molecule has 1 aromatic rings. The van der Waals surface area contributed by atoms with Gasteiger partial charge in [-0.15, -0.1) is 21.0 Å². The monoisotopic (exact) mass is 242 g/mol. The number of ether oxygens (including phenoxy) is 4. The maximum atomic E-state index is 8.47. The Kier molecular flexibility index (Phi) is 4.20. The molecule has 0 aliphatic heterocycles. The molecular formula is C10H2N4O4. The second-order valence-electron chi connectivity index (χ2n) is 2.49. The lowest BCUT2D eigenvalue weighted by Crippen LogP contribution is -1.96. The van der Waals surface area contributed by atoms with E-state index < -0.39 is 0 Å². The van der Waals surface area contributed by atoms with E-state index >= 15 is 0 Å². The minimum Gasteiger partial charge on any atom is -0.384 e. The Morgan fingerprint density at radius 3 is 1.22 bits per heavy atom. The first-order valence-corrected chi connectivity index (χ1v) is 4.19. The van der Waals surface area contributed by atoms with Crippen LogP contribution in [0.5, 0.6) is 23.0 Å². The summed E-state index contributed by atoms with van der Waals surface area (Å²) >= 11 is 0. The van der Waals surface area contributed by atoms with Crippen LogP contribution in [0.1, 0.15) is 0 Å². The number of nitrogens with zero attached hydrogens (tertiary/aromatic N) is 4. The molecule has 18 heavy (non-hydrogen) atoms. The van der Waals surface area contributed by atoms with E-state index in [9.17, 15) is 0 Å². The van der Waals surface area contributed by atoms with Crippen molar-refractivity contribution >= 4 is 0 Å². The fourth-order valence-corrected chi connectivity index (χ4v) is 1.07. The Morgan fingerprint density at radius 1 is 0.611 bits per heavy atom. The second kappa shape index (κ2) is 6.07. The smallest absolute Gasteiger partial charge is 0.292 e. The molecule has 8 nitrogen and oxygen atoms in total. The van der Waals surface area contributed by atoms with E-state index in [2.05, 4.69) is 18.9 Å². The zero-order chi connectivity index (χ0) is 13.4. The van der Waals surface area contributed by atoms with Gasteiger partial charge in [0, 0.05) is 0 Å². The zero-order valence-corrected chi connectivity index (χ0v) is 8.58. The normalized spacial score (nSPS) is 7.78. The number of benzene rings is 1. The van der Waals surface area contributed by atoms with E-state index in [4.69, 9.17) is 21.0 Å². The molecule has 0 saturated heterocycles. The van der Waals surface area contributed by atoms with E-state index in [0.29, 0.717) is 0 Å². The first-order chi connectivity index (χ1) is 8.78. The molecule has 0 radical (unpaired) electrons. The van der Waals surface area contributed by atoms with Crippen molar-refractivity contribution in [2.45, 2.75) is 0 Å². The zero-order valence-electron chi connectivity index (χ0n) is 8.58. The van der Waals surface area contributed by atoms with Crippen molar-refractivity contribution in [3.8, 4) is 48.0 Å². The van der Waals surface area contributed by atoms with Gasteiger partial charge in [0.2, 0.25) is 11.5 Å². The highest BCUT2D eigenvalue weighted by molar-refractivity contribution is 5.60. The van der Waals surface area contributed by atoms with Crippen LogP contribution in [0, 0.1) is 46.1 Å². The summed E-state index contributed by atoms with van der Waals surface area (Å²) in [6, 6.07) is 2.43. The molecule has 0 spiro atoms. The van der Waals surface area contributed by atoms with Crippen molar-refractivity contribution in [1.82, 2.24) is 0 Å². The third-order valence-corrected chi connectivity index (χ3v) is 1.65. The second-order valence-corrected chi connectivity index (χ2v) is 2.49. The van der Waals surface area contributed by atoms with E-state index in [1.807, 2.05) is 0 Å². The number of hydrogen-bond acceptors (Lipinski definition) is 8. The van der Waals surface area contributed by atoms with Gasteiger partial charge in [-0.1, -0.05) is 0 Å². The van der Waals surface area contributed by atoms with Crippen molar-refractivity contribution in [2.75, 3.05) is 0 Å². The van der Waals surface area contributed by atoms with Crippen LogP contribution in [0.25, 0.3) is 0 Å². The molecule has 0 saturated carbocycles. The maximum Gasteiger partial charge on any atom is 0.292 e. The first kappa shape index (κ1) is 12.4. The van der Waals surface area contributed by atoms with E-state index in [1.54, 1.807) is 0 Å². The molecule has 0 heterocycles. The molecule has 0 unspecified atom stereocenters. The highest BCUT2D eigenvalue weighted by Gasteiger charge is 2.20. The average Bonchev–Trinajstić information content (AvgIpc) is 2.37. The number of rotatable bonds is 4. The summed E-state index contributed by atoms with van der Waals surface area (Å²) in [5.74, 6) is -0.995. The summed E-state index contributed by atoms with van der Waals surface area (Å²) in [6.07, 6.45) is 5.41. The van der Waals surface area contributed by atoms with Crippen molar-refractivity contribution < 1.29 is 18.9 Å². The Hall–Kier alpha value is -3.62. The van der Waals surface area contributed by atoms with Crippen molar-refractivity contribution in [3.05, 3.63) is 12.1 Å². The van der Waals surface area contributed by atoms with Crippen LogP contribution in [-0.2, 0) is 0 Å². The summed E-state index contributed by atoms with van der Waals surface area (Å²) < 4.78 is 18.1. The highest BCUT2D eigenvalue weighted by Crippen LogP contribution is 2.44. The third kappa shape index (κ3) is 2.49. The molecule has 0 fully saturated rings. The largest absolute Gasteiger partial charge is 0.384 e. The molecule has 1 rings (SSSR count). The van der Waals surface area contributed by atoms with Crippen molar-refractivity contribution in [2.24, 2.45) is 0 Å². The Balaban J connectivity index is 3.41. The third-order valence-electron chi connectivity index (χ3n) is 1.65. The molecule has 0 aliphatic rings. The van der Waals surface area contributed by atoms with Crippen LogP contribution >= 0.6 is 0 Å². The van der Waals surface area contributed by atoms with Crippen LogP contribution in [0.2, 0.25) is 0 Å². The van der Waals surface area contributed by atoms with E-state index in [-0.39, 0.29) is 23.0 Å². The molecule has 8 heteroatoms. The maximum absolute atomic E-state index is 8.47. The summed E-state index contributed by atoms with van der Waals surface area (Å²) in [5.41, 5.74) is 0. The molecule has 86 valence electrons. The van der Waals surface area contributed by atoms with Gasteiger partial charge in [0.1, 0.15) is 0 Å². The van der Waals surface area contributed by atoms with Gasteiger partial charge in [0.25, 0.3) is 25.0 Å².